The summed E-state index contributed by atoms with van der Waals surface area (Å²) < 4.78 is 13.9. The molecule has 0 spiro atoms. The molecule has 1 fully saturated rings. The molecule has 0 bridgehead atoms. The molecular weight excluding hydrogens is 540 g/mol. The number of hydrogen-bond acceptors (Lipinski definition) is 7. The van der Waals surface area contributed by atoms with Crippen molar-refractivity contribution in [3.63, 3.8) is 0 Å². The fraction of sp³-hybridized carbons (Fsp3) is 0.323. The lowest BCUT2D eigenvalue weighted by molar-refractivity contribution is 0.102. The predicted molar refractivity (Wildman–Crippen MR) is 160 cm³/mol. The van der Waals surface area contributed by atoms with E-state index in [1.165, 1.54) is 0 Å². The maximum absolute atomic E-state index is 13.3. The highest BCUT2D eigenvalue weighted by molar-refractivity contribution is 6.34. The number of carbonyl (C=O) groups excluding carboxylic acids is 1. The Labute approximate surface area is 244 Å². The van der Waals surface area contributed by atoms with Gasteiger partial charge < -0.3 is 29.6 Å². The number of piperidine rings is 1. The zero-order valence-corrected chi connectivity index (χ0v) is 24.2. The minimum absolute atomic E-state index is 0.196. The largest absolute Gasteiger partial charge is 0.494 e. The van der Waals surface area contributed by atoms with Crippen molar-refractivity contribution in [2.45, 2.75) is 38.7 Å². The van der Waals surface area contributed by atoms with Crippen molar-refractivity contribution in [1.82, 2.24) is 19.4 Å². The van der Waals surface area contributed by atoms with Crippen LogP contribution in [-0.2, 0) is 12.8 Å². The highest BCUT2D eigenvalue weighted by Gasteiger charge is 2.25. The van der Waals surface area contributed by atoms with E-state index in [1.807, 2.05) is 60.3 Å². The number of likely N-dealkylation sites (tertiary alicyclic amines) is 1. The molecule has 4 aromatic rings. The molecular formula is C31H33ClN6O3. The lowest BCUT2D eigenvalue weighted by Crippen LogP contribution is -2.35. The van der Waals surface area contributed by atoms with Gasteiger partial charge in [0.1, 0.15) is 23.4 Å². The van der Waals surface area contributed by atoms with Gasteiger partial charge in [-0.2, -0.15) is 4.98 Å². The van der Waals surface area contributed by atoms with Crippen molar-refractivity contribution in [3.05, 3.63) is 82.3 Å². The highest BCUT2D eigenvalue weighted by atomic mass is 35.5. The van der Waals surface area contributed by atoms with Gasteiger partial charge in [0.25, 0.3) is 5.91 Å². The van der Waals surface area contributed by atoms with E-state index < -0.39 is 0 Å². The molecule has 6 rings (SSSR count). The molecule has 0 unspecified atom stereocenters. The molecule has 9 nitrogen and oxygen atoms in total. The standard InChI is InChI=1S/C31H33ClN6O3/c1-19-5-4-6-24(32)28(19)35-30(39)23-13-16-38-26(23)10-7-20-18-33-31(36-29(20)38)34-25-9-8-22(17-27(25)40-3)41-21-11-14-37(2)15-12-21/h4-6,8-9,13,16-18,21H,7,10-12,14-15H2,1-3H3,(H,35,39)(H,33,34,36). The molecule has 4 heterocycles. The molecule has 212 valence electrons. The number of anilines is 3. The van der Waals surface area contributed by atoms with Gasteiger partial charge in [-0.15, -0.1) is 0 Å². The third-order valence-corrected chi connectivity index (χ3v) is 8.10. The minimum atomic E-state index is -0.196. The minimum Gasteiger partial charge on any atom is -0.494 e. The van der Waals surface area contributed by atoms with E-state index in [0.29, 0.717) is 34.4 Å². The molecule has 0 radical (unpaired) electrons. The van der Waals surface area contributed by atoms with Gasteiger partial charge in [0.2, 0.25) is 5.95 Å². The third-order valence-electron chi connectivity index (χ3n) is 7.79. The monoisotopic (exact) mass is 572 g/mol. The molecule has 10 heteroatoms. The summed E-state index contributed by atoms with van der Waals surface area (Å²) in [5.74, 6) is 2.41. The third kappa shape index (κ3) is 5.60. The number of nitrogens with zero attached hydrogens (tertiary/aromatic N) is 4. The van der Waals surface area contributed by atoms with Crippen LogP contribution in [0.3, 0.4) is 0 Å². The number of hydrogen-bond donors (Lipinski definition) is 2. The summed E-state index contributed by atoms with van der Waals surface area (Å²) in [6, 6.07) is 13.1. The summed E-state index contributed by atoms with van der Waals surface area (Å²) in [5, 5.41) is 6.80. The maximum Gasteiger partial charge on any atom is 0.257 e. The molecule has 2 aliphatic heterocycles. The predicted octanol–water partition coefficient (Wildman–Crippen LogP) is 5.81. The average Bonchev–Trinajstić information content (AvgIpc) is 3.42. The van der Waals surface area contributed by atoms with Crippen LogP contribution in [-0.4, -0.2) is 58.7 Å². The number of benzene rings is 2. The van der Waals surface area contributed by atoms with E-state index in [9.17, 15) is 4.79 Å². The first-order chi connectivity index (χ1) is 19.9. The topological polar surface area (TPSA) is 93.5 Å². The van der Waals surface area contributed by atoms with Gasteiger partial charge in [-0.25, -0.2) is 4.98 Å². The van der Waals surface area contributed by atoms with Crippen molar-refractivity contribution in [3.8, 4) is 17.3 Å². The van der Waals surface area contributed by atoms with Gasteiger partial charge >= 0.3 is 0 Å². The van der Waals surface area contributed by atoms with E-state index in [4.69, 9.17) is 26.1 Å². The summed E-state index contributed by atoms with van der Waals surface area (Å²) >= 11 is 6.35. The number of fused-ring (bicyclic) bond motifs is 3. The number of aromatic nitrogens is 3. The molecule has 2 aliphatic rings. The second-order valence-corrected chi connectivity index (χ2v) is 11.0. The molecule has 1 amide bonds. The number of rotatable bonds is 7. The van der Waals surface area contributed by atoms with E-state index in [0.717, 1.165) is 66.4 Å². The Morgan fingerprint density at radius 3 is 2.73 bits per heavy atom. The second kappa shape index (κ2) is 11.4. The SMILES string of the molecule is COc1cc(OC2CCN(C)CC2)ccc1Nc1ncc2c(n1)-n1ccc(C(=O)Nc3c(C)cccc3Cl)c1CC2. The average molecular weight is 573 g/mol. The first-order valence-electron chi connectivity index (χ1n) is 13.8. The number of para-hydroxylation sites is 1. The number of nitrogens with one attached hydrogen (secondary N) is 2. The Kier molecular flexibility index (Phi) is 7.55. The van der Waals surface area contributed by atoms with Gasteiger partial charge in [-0.1, -0.05) is 23.7 Å². The van der Waals surface area contributed by atoms with Crippen LogP contribution in [0.15, 0.2) is 54.9 Å². The van der Waals surface area contributed by atoms with Gasteiger partial charge in [-0.3, -0.25) is 4.79 Å². The zero-order chi connectivity index (χ0) is 28.5. The number of ether oxygens (including phenoxy) is 2. The molecule has 0 atom stereocenters. The van der Waals surface area contributed by atoms with Crippen LogP contribution >= 0.6 is 11.6 Å². The van der Waals surface area contributed by atoms with Gasteiger partial charge in [0.05, 0.1) is 29.1 Å². The number of halogens is 1. The van der Waals surface area contributed by atoms with Crippen molar-refractivity contribution in [2.24, 2.45) is 0 Å². The molecule has 2 aromatic carbocycles. The van der Waals surface area contributed by atoms with Crippen LogP contribution in [0.2, 0.25) is 5.02 Å². The second-order valence-electron chi connectivity index (χ2n) is 10.6. The molecule has 2 aromatic heterocycles. The Bertz CT molecular complexity index is 1570. The maximum atomic E-state index is 13.3. The Morgan fingerprint density at radius 1 is 1.12 bits per heavy atom. The van der Waals surface area contributed by atoms with Crippen LogP contribution in [0.4, 0.5) is 17.3 Å². The Morgan fingerprint density at radius 2 is 1.95 bits per heavy atom. The first-order valence-corrected chi connectivity index (χ1v) is 14.2. The number of carbonyl (C=O) groups is 1. The van der Waals surface area contributed by atoms with E-state index in [2.05, 4.69) is 27.6 Å². The normalized spacial score (nSPS) is 15.1. The van der Waals surface area contributed by atoms with Crippen LogP contribution < -0.4 is 20.1 Å². The fourth-order valence-electron chi connectivity index (χ4n) is 5.46. The van der Waals surface area contributed by atoms with Crippen molar-refractivity contribution >= 4 is 34.8 Å². The van der Waals surface area contributed by atoms with E-state index in [1.54, 1.807) is 13.2 Å². The molecule has 0 aliphatic carbocycles. The lowest BCUT2D eigenvalue weighted by Gasteiger charge is -2.29. The summed E-state index contributed by atoms with van der Waals surface area (Å²) in [5.41, 5.74) is 4.79. The molecule has 2 N–H and O–H groups in total. The summed E-state index contributed by atoms with van der Waals surface area (Å²) in [6.45, 7) is 3.99. The highest BCUT2D eigenvalue weighted by Crippen LogP contribution is 2.34. The zero-order valence-electron chi connectivity index (χ0n) is 23.4. The van der Waals surface area contributed by atoms with Crippen molar-refractivity contribution in [2.75, 3.05) is 37.9 Å². The Hall–Kier alpha value is -4.08. The Balaban J connectivity index is 1.21. The molecule has 1 saturated heterocycles. The van der Waals surface area contributed by atoms with Crippen LogP contribution in [0.25, 0.3) is 5.82 Å². The molecule has 0 saturated carbocycles. The number of aryl methyl sites for hydroxylation is 2. The summed E-state index contributed by atoms with van der Waals surface area (Å²) in [7, 11) is 3.77. The van der Waals surface area contributed by atoms with Gasteiger partial charge in [-0.05, 0) is 69.5 Å². The first kappa shape index (κ1) is 27.1. The van der Waals surface area contributed by atoms with Crippen LogP contribution in [0.5, 0.6) is 11.5 Å². The number of methoxy groups -OCH3 is 1. The van der Waals surface area contributed by atoms with Crippen molar-refractivity contribution < 1.29 is 14.3 Å². The van der Waals surface area contributed by atoms with E-state index in [-0.39, 0.29) is 12.0 Å². The molecule has 41 heavy (non-hydrogen) atoms. The summed E-state index contributed by atoms with van der Waals surface area (Å²) in [4.78, 5) is 25.0. The lowest BCUT2D eigenvalue weighted by atomic mass is 10.0. The van der Waals surface area contributed by atoms with E-state index >= 15 is 0 Å². The van der Waals surface area contributed by atoms with Gasteiger partial charge in [0, 0.05) is 42.8 Å². The quantitative estimate of drug-likeness (QED) is 0.289. The summed E-state index contributed by atoms with van der Waals surface area (Å²) in [6.07, 6.45) is 7.37. The number of amides is 1. The fourth-order valence-corrected chi connectivity index (χ4v) is 5.73. The van der Waals surface area contributed by atoms with Gasteiger partial charge in [0.15, 0.2) is 0 Å². The van der Waals surface area contributed by atoms with Crippen molar-refractivity contribution in [1.29, 1.82) is 0 Å². The van der Waals surface area contributed by atoms with Crippen LogP contribution in [0, 0.1) is 6.92 Å². The van der Waals surface area contributed by atoms with Crippen LogP contribution in [0.1, 0.15) is 40.0 Å². The smallest absolute Gasteiger partial charge is 0.257 e.